The summed E-state index contributed by atoms with van der Waals surface area (Å²) in [6.45, 7) is 1.33. The average molecular weight is 349 g/mol. The summed E-state index contributed by atoms with van der Waals surface area (Å²) in [7, 11) is 0. The number of ether oxygens (including phenoxy) is 3. The number of nitrogens with two attached hydrogens (primary N) is 1. The first-order chi connectivity index (χ1) is 12.2. The molecule has 1 aromatic carbocycles. The number of aldehydes is 1. The van der Waals surface area contributed by atoms with E-state index in [-0.39, 0.29) is 24.8 Å². The highest BCUT2D eigenvalue weighted by Crippen LogP contribution is 2.29. The second-order valence-corrected chi connectivity index (χ2v) is 6.16. The lowest BCUT2D eigenvalue weighted by atomic mass is 10.1. The lowest BCUT2D eigenvalue weighted by molar-refractivity contribution is -0.121. The van der Waals surface area contributed by atoms with Crippen LogP contribution >= 0.6 is 0 Å². The van der Waals surface area contributed by atoms with E-state index in [1.54, 1.807) is 0 Å². The Morgan fingerprint density at radius 1 is 1.24 bits per heavy atom. The van der Waals surface area contributed by atoms with Crippen LogP contribution in [0.4, 0.5) is 0 Å². The van der Waals surface area contributed by atoms with Gasteiger partial charge in [-0.25, -0.2) is 0 Å². The van der Waals surface area contributed by atoms with E-state index in [0.29, 0.717) is 38.2 Å². The normalized spacial score (nSPS) is 19.7. The van der Waals surface area contributed by atoms with Gasteiger partial charge in [0.1, 0.15) is 18.6 Å². The van der Waals surface area contributed by atoms with Gasteiger partial charge in [0.15, 0.2) is 12.1 Å². The maximum atomic E-state index is 11.6. The van der Waals surface area contributed by atoms with E-state index in [0.717, 1.165) is 31.1 Å². The Morgan fingerprint density at radius 2 is 2.04 bits per heavy atom. The number of unbranched alkanes of at least 4 members (excludes halogenated alkanes) is 2. The Bertz CT molecular complexity index is 531. The number of carbonyl (C=O) groups excluding carboxylic acids is 2. The fourth-order valence-electron chi connectivity index (χ4n) is 2.63. The number of benzene rings is 1. The largest absolute Gasteiger partial charge is 0.486 e. The van der Waals surface area contributed by atoms with Crippen molar-refractivity contribution in [3.63, 3.8) is 0 Å². The summed E-state index contributed by atoms with van der Waals surface area (Å²) >= 11 is 0. The van der Waals surface area contributed by atoms with Crippen LogP contribution in [0.15, 0.2) is 24.3 Å². The summed E-state index contributed by atoms with van der Waals surface area (Å²) in [5.41, 5.74) is 6.44. The zero-order valence-corrected chi connectivity index (χ0v) is 14.5. The van der Waals surface area contributed by atoms with Gasteiger partial charge in [0, 0.05) is 18.4 Å². The van der Waals surface area contributed by atoms with Crippen LogP contribution in [0, 0.1) is 0 Å². The molecular formula is C19H27NO5. The first-order valence-corrected chi connectivity index (χ1v) is 8.88. The standard InChI is InChI=1S/C19H27NO5/c20-11-3-1-6-18-14-24-19(25-18)15-7-9-17(10-8-15)23-13-16(22)5-2-4-12-21/h7-10,12,18-19H,1-6,11,13-14,20H2. The molecular weight excluding hydrogens is 322 g/mol. The minimum absolute atomic E-state index is 0.00583. The summed E-state index contributed by atoms with van der Waals surface area (Å²) in [6, 6.07) is 7.39. The minimum atomic E-state index is -0.345. The number of ketones is 1. The van der Waals surface area contributed by atoms with Crippen LogP contribution in [0.5, 0.6) is 5.75 Å². The highest BCUT2D eigenvalue weighted by atomic mass is 16.7. The molecule has 0 amide bonds. The smallest absolute Gasteiger partial charge is 0.184 e. The molecule has 0 aromatic heterocycles. The van der Waals surface area contributed by atoms with Crippen LogP contribution < -0.4 is 10.5 Å². The van der Waals surface area contributed by atoms with E-state index in [1.165, 1.54) is 0 Å². The molecule has 1 aliphatic heterocycles. The molecule has 1 aromatic rings. The molecule has 6 nitrogen and oxygen atoms in total. The molecule has 2 N–H and O–H groups in total. The minimum Gasteiger partial charge on any atom is -0.486 e. The molecule has 6 heteroatoms. The molecule has 0 spiro atoms. The van der Waals surface area contributed by atoms with Gasteiger partial charge in [0.25, 0.3) is 0 Å². The van der Waals surface area contributed by atoms with Crippen LogP contribution in [0.25, 0.3) is 0 Å². The van der Waals surface area contributed by atoms with Gasteiger partial charge in [-0.1, -0.05) is 12.1 Å². The van der Waals surface area contributed by atoms with E-state index in [1.807, 2.05) is 24.3 Å². The Hall–Kier alpha value is -1.76. The fourth-order valence-corrected chi connectivity index (χ4v) is 2.63. The van der Waals surface area contributed by atoms with Crippen LogP contribution in [0.2, 0.25) is 0 Å². The lowest BCUT2D eigenvalue weighted by Crippen LogP contribution is -2.11. The predicted octanol–water partition coefficient (Wildman–Crippen LogP) is 2.55. The SMILES string of the molecule is NCCCCC1COC(c2ccc(OCC(=O)CCCC=O)cc2)O1. The molecule has 1 aliphatic rings. The molecule has 1 saturated heterocycles. The van der Waals surface area contributed by atoms with Gasteiger partial charge in [-0.3, -0.25) is 4.79 Å². The van der Waals surface area contributed by atoms with Crippen LogP contribution in [-0.2, 0) is 19.1 Å². The van der Waals surface area contributed by atoms with Crippen molar-refractivity contribution in [2.24, 2.45) is 5.73 Å². The maximum absolute atomic E-state index is 11.6. The van der Waals surface area contributed by atoms with Gasteiger partial charge in [0.2, 0.25) is 0 Å². The molecule has 2 unspecified atom stereocenters. The Morgan fingerprint density at radius 3 is 2.76 bits per heavy atom. The van der Waals surface area contributed by atoms with Crippen molar-refractivity contribution in [1.29, 1.82) is 0 Å². The first kappa shape index (κ1) is 19.6. The molecule has 25 heavy (non-hydrogen) atoms. The summed E-state index contributed by atoms with van der Waals surface area (Å²) < 4.78 is 17.1. The maximum Gasteiger partial charge on any atom is 0.184 e. The highest BCUT2D eigenvalue weighted by molar-refractivity contribution is 5.80. The fraction of sp³-hybridized carbons (Fsp3) is 0.579. The average Bonchev–Trinajstić information content (AvgIpc) is 3.10. The monoisotopic (exact) mass is 349 g/mol. The zero-order valence-electron chi connectivity index (χ0n) is 14.5. The molecule has 0 saturated carbocycles. The molecule has 138 valence electrons. The summed E-state index contributed by atoms with van der Waals surface area (Å²) in [6.07, 6.45) is 4.96. The van der Waals surface area contributed by atoms with Crippen molar-refractivity contribution in [3.8, 4) is 5.75 Å². The third kappa shape index (κ3) is 6.94. The third-order valence-corrected chi connectivity index (χ3v) is 4.06. The van der Waals surface area contributed by atoms with Gasteiger partial charge in [-0.15, -0.1) is 0 Å². The van der Waals surface area contributed by atoms with Crippen LogP contribution in [0.1, 0.15) is 50.4 Å². The Balaban J connectivity index is 1.72. The quantitative estimate of drug-likeness (QED) is 0.461. The number of hydrogen-bond donors (Lipinski definition) is 1. The number of Topliss-reactive ketones (excluding diaryl/α,β-unsaturated/α-hetero) is 1. The first-order valence-electron chi connectivity index (χ1n) is 8.88. The van der Waals surface area contributed by atoms with Crippen molar-refractivity contribution in [2.45, 2.75) is 50.9 Å². The number of carbonyl (C=O) groups is 2. The van der Waals surface area contributed by atoms with E-state index in [2.05, 4.69) is 0 Å². The number of hydrogen-bond acceptors (Lipinski definition) is 6. The summed E-state index contributed by atoms with van der Waals surface area (Å²) in [5, 5.41) is 0. The summed E-state index contributed by atoms with van der Waals surface area (Å²) in [5.74, 6) is 0.624. The summed E-state index contributed by atoms with van der Waals surface area (Å²) in [4.78, 5) is 21.8. The highest BCUT2D eigenvalue weighted by Gasteiger charge is 2.26. The zero-order chi connectivity index (χ0) is 17.9. The van der Waals surface area contributed by atoms with Crippen LogP contribution in [-0.4, -0.2) is 37.9 Å². The Labute approximate surface area is 148 Å². The molecule has 1 fully saturated rings. The molecule has 0 aliphatic carbocycles. The molecule has 2 atom stereocenters. The number of rotatable bonds is 12. The van der Waals surface area contributed by atoms with Crippen molar-refractivity contribution in [1.82, 2.24) is 0 Å². The van der Waals surface area contributed by atoms with Crippen molar-refractivity contribution in [2.75, 3.05) is 19.8 Å². The van der Waals surface area contributed by atoms with Gasteiger partial charge in [0.05, 0.1) is 12.7 Å². The molecule has 1 heterocycles. The van der Waals surface area contributed by atoms with Gasteiger partial charge < -0.3 is 24.7 Å². The topological polar surface area (TPSA) is 87.9 Å². The predicted molar refractivity (Wildman–Crippen MR) is 93.3 cm³/mol. The molecule has 0 bridgehead atoms. The van der Waals surface area contributed by atoms with Crippen molar-refractivity contribution < 1.29 is 23.8 Å². The molecule has 0 radical (unpaired) electrons. The lowest BCUT2D eigenvalue weighted by Gasteiger charge is -2.12. The van der Waals surface area contributed by atoms with E-state index >= 15 is 0 Å². The third-order valence-electron chi connectivity index (χ3n) is 4.06. The molecule has 2 rings (SSSR count). The second kappa shape index (κ2) is 11.0. The van der Waals surface area contributed by atoms with Crippen LogP contribution in [0.3, 0.4) is 0 Å². The van der Waals surface area contributed by atoms with Crippen molar-refractivity contribution in [3.05, 3.63) is 29.8 Å². The van der Waals surface area contributed by atoms with Crippen molar-refractivity contribution >= 4 is 12.1 Å². The second-order valence-electron chi connectivity index (χ2n) is 6.16. The van der Waals surface area contributed by atoms with E-state index in [9.17, 15) is 9.59 Å². The van der Waals surface area contributed by atoms with Gasteiger partial charge in [-0.05, 0) is 44.4 Å². The van der Waals surface area contributed by atoms with E-state index in [4.69, 9.17) is 19.9 Å². The van der Waals surface area contributed by atoms with Gasteiger partial charge >= 0.3 is 0 Å². The van der Waals surface area contributed by atoms with E-state index < -0.39 is 0 Å². The van der Waals surface area contributed by atoms with Gasteiger partial charge in [-0.2, -0.15) is 0 Å². The Kier molecular flexibility index (Phi) is 8.59.